The molecule has 0 spiro atoms. The standard InChI is InChI=1S/C50H80N4O9/c1-10-16-19-37(13-4)31-51-48(57)43-29-44(46(63-34-39(15-6)21-18-12-3)30-45(43)62-33-38(14-5)20-17-11-2)49(58)52-32-47(56)54-42-27-40(26-41(28-42)53-36(9)55)50(59)61-25-24-60-23-22-35(7)8/h26-30,35,37-39H,10-25,31-34H2,1-9H3,(H,51,57)(H,52,58)(H,53,55)(H,54,56). The fourth-order valence-corrected chi connectivity index (χ4v) is 6.89. The molecule has 0 bridgehead atoms. The largest absolute Gasteiger partial charge is 0.492 e. The number of ether oxygens (including phenoxy) is 4. The molecule has 0 aliphatic heterocycles. The van der Waals surface area contributed by atoms with Gasteiger partial charge in [0.25, 0.3) is 11.8 Å². The van der Waals surface area contributed by atoms with Gasteiger partial charge in [0.15, 0.2) is 0 Å². The van der Waals surface area contributed by atoms with Crippen LogP contribution in [-0.4, -0.2) is 75.7 Å². The highest BCUT2D eigenvalue weighted by Gasteiger charge is 2.25. The molecule has 2 aromatic carbocycles. The van der Waals surface area contributed by atoms with E-state index in [1.54, 1.807) is 6.07 Å². The molecule has 4 amide bonds. The van der Waals surface area contributed by atoms with Crippen molar-refractivity contribution >= 4 is 41.0 Å². The summed E-state index contributed by atoms with van der Waals surface area (Å²) >= 11 is 0. The van der Waals surface area contributed by atoms with E-state index in [9.17, 15) is 24.0 Å². The molecule has 0 fully saturated rings. The maximum absolute atomic E-state index is 14.1. The lowest BCUT2D eigenvalue weighted by Crippen LogP contribution is -2.34. The molecule has 0 aliphatic rings. The highest BCUT2D eigenvalue weighted by atomic mass is 16.6. The van der Waals surface area contributed by atoms with Gasteiger partial charge in [-0.3, -0.25) is 19.2 Å². The summed E-state index contributed by atoms with van der Waals surface area (Å²) in [6, 6.07) is 7.56. The first kappa shape index (κ1) is 54.5. The third kappa shape index (κ3) is 21.5. The second-order valence-corrected chi connectivity index (χ2v) is 17.1. The van der Waals surface area contributed by atoms with Gasteiger partial charge in [-0.2, -0.15) is 0 Å². The lowest BCUT2D eigenvalue weighted by atomic mass is 9.99. The lowest BCUT2D eigenvalue weighted by Gasteiger charge is -2.22. The van der Waals surface area contributed by atoms with Crippen molar-refractivity contribution in [1.82, 2.24) is 10.6 Å². The minimum absolute atomic E-state index is 0.0332. The van der Waals surface area contributed by atoms with E-state index in [2.05, 4.69) is 76.7 Å². The SMILES string of the molecule is CCCCC(CC)CNC(=O)c1cc(C(=O)NCC(=O)Nc2cc(NC(C)=O)cc(C(=O)OCCOCCC(C)C)c2)c(OCC(CC)CCCC)cc1OCC(CC)CCCC. The summed E-state index contributed by atoms with van der Waals surface area (Å²) in [5, 5.41) is 11.2. The monoisotopic (exact) mass is 881 g/mol. The van der Waals surface area contributed by atoms with Crippen molar-refractivity contribution in [3.05, 3.63) is 47.0 Å². The minimum Gasteiger partial charge on any atom is -0.492 e. The average molecular weight is 881 g/mol. The molecule has 0 saturated heterocycles. The number of hydrogen-bond acceptors (Lipinski definition) is 9. The van der Waals surface area contributed by atoms with Gasteiger partial charge in [0.1, 0.15) is 18.1 Å². The van der Waals surface area contributed by atoms with Crippen molar-refractivity contribution in [2.24, 2.45) is 23.7 Å². The van der Waals surface area contributed by atoms with E-state index in [0.29, 0.717) is 49.9 Å². The quantitative estimate of drug-likeness (QED) is 0.0402. The number of benzene rings is 2. The van der Waals surface area contributed by atoms with Crippen LogP contribution in [0.5, 0.6) is 11.5 Å². The maximum atomic E-state index is 14.1. The van der Waals surface area contributed by atoms with Gasteiger partial charge < -0.3 is 40.2 Å². The van der Waals surface area contributed by atoms with E-state index < -0.39 is 24.3 Å². The fourth-order valence-electron chi connectivity index (χ4n) is 6.89. The Balaban J connectivity index is 2.44. The van der Waals surface area contributed by atoms with Crippen molar-refractivity contribution in [3.63, 3.8) is 0 Å². The van der Waals surface area contributed by atoms with Crippen molar-refractivity contribution in [2.45, 2.75) is 146 Å². The van der Waals surface area contributed by atoms with Crippen LogP contribution in [0.4, 0.5) is 11.4 Å². The van der Waals surface area contributed by atoms with Gasteiger partial charge in [0.05, 0.1) is 43.1 Å². The molecule has 354 valence electrons. The number of carbonyl (C=O) groups is 5. The highest BCUT2D eigenvalue weighted by molar-refractivity contribution is 6.05. The third-order valence-corrected chi connectivity index (χ3v) is 11.2. The Labute approximate surface area is 378 Å². The summed E-state index contributed by atoms with van der Waals surface area (Å²) in [7, 11) is 0. The Kier molecular flexibility index (Phi) is 27.0. The number of nitrogens with one attached hydrogen (secondary N) is 4. The molecule has 0 saturated carbocycles. The Morgan fingerprint density at radius 1 is 0.587 bits per heavy atom. The minimum atomic E-state index is -0.657. The van der Waals surface area contributed by atoms with Crippen LogP contribution < -0.4 is 30.7 Å². The summed E-state index contributed by atoms with van der Waals surface area (Å²) in [4.78, 5) is 66.5. The fraction of sp³-hybridized carbons (Fsp3) is 0.660. The number of unbranched alkanes of at least 4 members (excludes halogenated alkanes) is 3. The zero-order chi connectivity index (χ0) is 46.6. The van der Waals surface area contributed by atoms with E-state index in [-0.39, 0.29) is 64.8 Å². The Hall–Kier alpha value is -4.65. The van der Waals surface area contributed by atoms with Crippen LogP contribution in [0.2, 0.25) is 0 Å². The number of carbonyl (C=O) groups excluding carboxylic acids is 5. The van der Waals surface area contributed by atoms with Gasteiger partial charge in [0.2, 0.25) is 11.8 Å². The molecule has 13 heteroatoms. The van der Waals surface area contributed by atoms with Crippen LogP contribution in [0.1, 0.15) is 177 Å². The van der Waals surface area contributed by atoms with Gasteiger partial charge in [-0.1, -0.05) is 113 Å². The molecular formula is C50H80N4O9. The molecule has 0 heterocycles. The van der Waals surface area contributed by atoms with Gasteiger partial charge in [-0.25, -0.2) is 4.79 Å². The normalized spacial score (nSPS) is 12.5. The molecule has 4 N–H and O–H groups in total. The van der Waals surface area contributed by atoms with E-state index in [1.807, 2.05) is 0 Å². The molecule has 3 atom stereocenters. The van der Waals surface area contributed by atoms with E-state index in [4.69, 9.17) is 18.9 Å². The van der Waals surface area contributed by atoms with E-state index in [0.717, 1.165) is 83.5 Å². The lowest BCUT2D eigenvalue weighted by molar-refractivity contribution is -0.115. The molecule has 0 aliphatic carbocycles. The molecule has 3 unspecified atom stereocenters. The van der Waals surface area contributed by atoms with Crippen LogP contribution in [0.25, 0.3) is 0 Å². The van der Waals surface area contributed by atoms with E-state index in [1.165, 1.54) is 31.2 Å². The van der Waals surface area contributed by atoms with Crippen LogP contribution in [-0.2, 0) is 19.1 Å². The zero-order valence-electron chi connectivity index (χ0n) is 40.0. The predicted octanol–water partition coefficient (Wildman–Crippen LogP) is 10.4. The Bertz CT molecular complexity index is 1700. The molecular weight excluding hydrogens is 801 g/mol. The third-order valence-electron chi connectivity index (χ3n) is 11.2. The Morgan fingerprint density at radius 3 is 1.62 bits per heavy atom. The second-order valence-electron chi connectivity index (χ2n) is 17.1. The molecule has 0 aromatic heterocycles. The average Bonchev–Trinajstić information content (AvgIpc) is 3.26. The molecule has 13 nitrogen and oxygen atoms in total. The van der Waals surface area contributed by atoms with Crippen molar-refractivity contribution in [3.8, 4) is 11.5 Å². The van der Waals surface area contributed by atoms with E-state index >= 15 is 0 Å². The van der Waals surface area contributed by atoms with Crippen LogP contribution in [0, 0.1) is 23.7 Å². The van der Waals surface area contributed by atoms with Gasteiger partial charge >= 0.3 is 5.97 Å². The maximum Gasteiger partial charge on any atom is 0.338 e. The highest BCUT2D eigenvalue weighted by Crippen LogP contribution is 2.32. The number of esters is 1. The van der Waals surface area contributed by atoms with Crippen LogP contribution in [0.15, 0.2) is 30.3 Å². The summed E-state index contributed by atoms with van der Waals surface area (Å²) in [6.45, 7) is 20.0. The Morgan fingerprint density at radius 2 is 1.11 bits per heavy atom. The zero-order valence-corrected chi connectivity index (χ0v) is 40.0. The van der Waals surface area contributed by atoms with Gasteiger partial charge in [-0.05, 0) is 73.6 Å². The van der Waals surface area contributed by atoms with Crippen molar-refractivity contribution < 1.29 is 42.9 Å². The topological polar surface area (TPSA) is 170 Å². The van der Waals surface area contributed by atoms with Gasteiger partial charge in [0, 0.05) is 37.5 Å². The first-order chi connectivity index (χ1) is 30.3. The molecule has 63 heavy (non-hydrogen) atoms. The molecule has 2 rings (SSSR count). The van der Waals surface area contributed by atoms with Gasteiger partial charge in [-0.15, -0.1) is 0 Å². The van der Waals surface area contributed by atoms with Crippen molar-refractivity contribution in [1.29, 1.82) is 0 Å². The second kappa shape index (κ2) is 31.2. The predicted molar refractivity (Wildman–Crippen MR) is 252 cm³/mol. The number of rotatable bonds is 33. The number of amides is 4. The summed E-state index contributed by atoms with van der Waals surface area (Å²) < 4.78 is 23.8. The summed E-state index contributed by atoms with van der Waals surface area (Å²) in [5.74, 6) is -0.611. The first-order valence-corrected chi connectivity index (χ1v) is 23.8. The first-order valence-electron chi connectivity index (χ1n) is 23.8. The summed E-state index contributed by atoms with van der Waals surface area (Å²) in [6.07, 6.45) is 13.0. The smallest absolute Gasteiger partial charge is 0.338 e. The summed E-state index contributed by atoms with van der Waals surface area (Å²) in [5.41, 5.74) is 0.911. The van der Waals surface area contributed by atoms with Crippen LogP contribution in [0.3, 0.4) is 0 Å². The molecule has 2 aromatic rings. The van der Waals surface area contributed by atoms with Crippen LogP contribution >= 0.6 is 0 Å². The number of hydrogen-bond donors (Lipinski definition) is 4. The number of anilines is 2. The van der Waals surface area contributed by atoms with Crippen molar-refractivity contribution in [2.75, 3.05) is 56.8 Å². The molecule has 0 radical (unpaired) electrons.